The fourth-order valence-electron chi connectivity index (χ4n) is 3.78. The molecule has 2 unspecified atom stereocenters. The molecule has 0 radical (unpaired) electrons. The Kier molecular flexibility index (Phi) is 6.51. The number of halogens is 2. The minimum atomic E-state index is -1.48. The Morgan fingerprint density at radius 2 is 1.82 bits per heavy atom. The number of carboxylic acids is 1. The van der Waals surface area contributed by atoms with Crippen molar-refractivity contribution < 1.29 is 29.0 Å². The van der Waals surface area contributed by atoms with Gasteiger partial charge in [0.1, 0.15) is 5.54 Å². The third-order valence-corrected chi connectivity index (χ3v) is 6.27. The fraction of sp³-hybridized carbons (Fsp3) is 0.292. The lowest BCUT2D eigenvalue weighted by molar-refractivity contribution is -0.147. The summed E-state index contributed by atoms with van der Waals surface area (Å²) in [5.41, 5.74) is -0.268. The number of aromatic nitrogens is 1. The zero-order valence-corrected chi connectivity index (χ0v) is 19.3. The van der Waals surface area contributed by atoms with Crippen molar-refractivity contribution in [3.8, 4) is 5.75 Å². The van der Waals surface area contributed by atoms with Gasteiger partial charge in [-0.15, -0.1) is 0 Å². The zero-order valence-electron chi connectivity index (χ0n) is 18.6. The first-order valence-corrected chi connectivity index (χ1v) is 10.7. The molecule has 7 nitrogen and oxygen atoms in total. The largest absolute Gasteiger partial charge is 0.505 e. The SMILES string of the molecule is CCC(C)(NC(=O)C(C)c1c(C)n(C(=O)c2ccc(Cl)cc2)c2cc(F)c(O)cc12)C(=O)O. The van der Waals surface area contributed by atoms with E-state index >= 15 is 0 Å². The van der Waals surface area contributed by atoms with E-state index in [0.29, 0.717) is 27.2 Å². The smallest absolute Gasteiger partial charge is 0.329 e. The molecule has 3 N–H and O–H groups in total. The first-order valence-electron chi connectivity index (χ1n) is 10.3. The number of carbonyl (C=O) groups excluding carboxylic acids is 2. The highest BCUT2D eigenvalue weighted by Crippen LogP contribution is 2.36. The number of hydrogen-bond donors (Lipinski definition) is 3. The number of nitrogens with one attached hydrogen (secondary N) is 1. The normalized spacial score (nSPS) is 14.0. The van der Waals surface area contributed by atoms with Crippen molar-refractivity contribution >= 4 is 40.3 Å². The van der Waals surface area contributed by atoms with E-state index in [4.69, 9.17) is 11.6 Å². The predicted octanol–water partition coefficient (Wildman–Crippen LogP) is 4.61. The maximum Gasteiger partial charge on any atom is 0.329 e. The Morgan fingerprint density at radius 3 is 2.36 bits per heavy atom. The van der Waals surface area contributed by atoms with Gasteiger partial charge in [0.25, 0.3) is 5.91 Å². The number of nitrogens with zero attached hydrogens (tertiary/aromatic N) is 1. The summed E-state index contributed by atoms with van der Waals surface area (Å²) in [5.74, 6) is -4.67. The van der Waals surface area contributed by atoms with E-state index in [0.717, 1.165) is 6.07 Å². The summed E-state index contributed by atoms with van der Waals surface area (Å²) in [4.78, 5) is 38.0. The molecule has 0 aliphatic rings. The van der Waals surface area contributed by atoms with E-state index in [2.05, 4.69) is 5.32 Å². The number of aromatic hydroxyl groups is 1. The molecule has 33 heavy (non-hydrogen) atoms. The van der Waals surface area contributed by atoms with Gasteiger partial charge in [0.2, 0.25) is 5.91 Å². The topological polar surface area (TPSA) is 109 Å². The van der Waals surface area contributed by atoms with Crippen LogP contribution in [0.2, 0.25) is 5.02 Å². The Hall–Kier alpha value is -3.39. The monoisotopic (exact) mass is 474 g/mol. The number of benzene rings is 2. The number of rotatable bonds is 6. The van der Waals surface area contributed by atoms with Crippen LogP contribution in [0.5, 0.6) is 5.75 Å². The summed E-state index contributed by atoms with van der Waals surface area (Å²) in [6.07, 6.45) is 0.155. The molecule has 0 saturated heterocycles. The van der Waals surface area contributed by atoms with E-state index in [1.165, 1.54) is 29.7 Å². The van der Waals surface area contributed by atoms with E-state index in [-0.39, 0.29) is 11.9 Å². The van der Waals surface area contributed by atoms with E-state index in [1.807, 2.05) is 0 Å². The van der Waals surface area contributed by atoms with Crippen LogP contribution in [-0.4, -0.2) is 38.1 Å². The van der Waals surface area contributed by atoms with Crippen LogP contribution in [0, 0.1) is 12.7 Å². The number of phenolic OH excluding ortho intramolecular Hbond substituents is 1. The van der Waals surface area contributed by atoms with Crippen LogP contribution < -0.4 is 5.32 Å². The molecule has 0 aliphatic heterocycles. The molecule has 0 aliphatic carbocycles. The van der Waals surface area contributed by atoms with Gasteiger partial charge >= 0.3 is 5.97 Å². The number of amides is 1. The van der Waals surface area contributed by atoms with Crippen molar-refractivity contribution in [2.24, 2.45) is 0 Å². The predicted molar refractivity (Wildman–Crippen MR) is 122 cm³/mol. The van der Waals surface area contributed by atoms with E-state index < -0.39 is 40.8 Å². The van der Waals surface area contributed by atoms with Crippen molar-refractivity contribution in [3.05, 3.63) is 64.1 Å². The molecule has 0 bridgehead atoms. The summed E-state index contributed by atoms with van der Waals surface area (Å²) in [6, 6.07) is 8.36. The van der Waals surface area contributed by atoms with Gasteiger partial charge in [-0.2, -0.15) is 0 Å². The molecular formula is C24H24ClFN2O5. The highest BCUT2D eigenvalue weighted by Gasteiger charge is 2.36. The number of hydrogen-bond acceptors (Lipinski definition) is 4. The number of fused-ring (bicyclic) bond motifs is 1. The van der Waals surface area contributed by atoms with Crippen LogP contribution in [0.4, 0.5) is 4.39 Å². The molecule has 9 heteroatoms. The first kappa shape index (κ1) is 24.3. The van der Waals surface area contributed by atoms with Crippen LogP contribution in [0.3, 0.4) is 0 Å². The van der Waals surface area contributed by atoms with E-state index in [1.54, 1.807) is 32.9 Å². The summed E-state index contributed by atoms with van der Waals surface area (Å²) < 4.78 is 15.5. The average molecular weight is 475 g/mol. The van der Waals surface area contributed by atoms with Gasteiger partial charge in [-0.1, -0.05) is 18.5 Å². The van der Waals surface area contributed by atoms with Gasteiger partial charge < -0.3 is 15.5 Å². The molecule has 1 heterocycles. The molecule has 3 aromatic rings. The lowest BCUT2D eigenvalue weighted by Crippen LogP contribution is -2.52. The van der Waals surface area contributed by atoms with Crippen LogP contribution >= 0.6 is 11.6 Å². The molecule has 1 aromatic heterocycles. The lowest BCUT2D eigenvalue weighted by Gasteiger charge is -2.26. The zero-order chi connectivity index (χ0) is 24.7. The maximum atomic E-state index is 14.3. The third-order valence-electron chi connectivity index (χ3n) is 6.02. The van der Waals surface area contributed by atoms with Gasteiger partial charge in [0.15, 0.2) is 11.6 Å². The van der Waals surface area contributed by atoms with Gasteiger partial charge in [-0.3, -0.25) is 14.2 Å². The number of phenols is 1. The molecule has 2 atom stereocenters. The molecular weight excluding hydrogens is 451 g/mol. The number of carbonyl (C=O) groups is 3. The second kappa shape index (κ2) is 8.86. The number of carboxylic acid groups (broad SMARTS) is 1. The van der Waals surface area contributed by atoms with E-state index in [9.17, 15) is 29.0 Å². The molecule has 1 amide bonds. The second-order valence-corrected chi connectivity index (χ2v) is 8.61. The van der Waals surface area contributed by atoms with Gasteiger partial charge in [-0.05, 0) is 63.1 Å². The van der Waals surface area contributed by atoms with Crippen molar-refractivity contribution in [3.63, 3.8) is 0 Å². The number of aliphatic carboxylic acids is 1. The Bertz CT molecular complexity index is 1270. The standard InChI is InChI=1S/C24H24ClFN2O5/c1-5-24(4,23(32)33)27-21(30)12(2)20-13(3)28(18-11-17(26)19(29)10-16(18)20)22(31)14-6-8-15(25)9-7-14/h6-12,29H,5H2,1-4H3,(H,27,30)(H,32,33). The molecule has 174 valence electrons. The van der Waals surface area contributed by atoms with Gasteiger partial charge in [0.05, 0.1) is 11.4 Å². The maximum absolute atomic E-state index is 14.3. The van der Waals surface area contributed by atoms with Gasteiger partial charge in [-0.25, -0.2) is 9.18 Å². The summed E-state index contributed by atoms with van der Waals surface area (Å²) in [7, 11) is 0. The van der Waals surface area contributed by atoms with Crippen LogP contribution in [0.1, 0.15) is 54.7 Å². The third kappa shape index (κ3) is 4.30. The van der Waals surface area contributed by atoms with Crippen molar-refractivity contribution in [1.29, 1.82) is 0 Å². The highest BCUT2D eigenvalue weighted by atomic mass is 35.5. The summed E-state index contributed by atoms with van der Waals surface area (Å²) >= 11 is 5.91. The molecule has 2 aromatic carbocycles. The first-order chi connectivity index (χ1) is 15.4. The second-order valence-electron chi connectivity index (χ2n) is 8.17. The van der Waals surface area contributed by atoms with Gasteiger partial charge in [0, 0.05) is 27.7 Å². The minimum absolute atomic E-state index is 0.155. The quantitative estimate of drug-likeness (QED) is 0.483. The van der Waals surface area contributed by atoms with Crippen LogP contribution in [0.25, 0.3) is 10.9 Å². The molecule has 3 rings (SSSR count). The minimum Gasteiger partial charge on any atom is -0.505 e. The fourth-order valence-corrected chi connectivity index (χ4v) is 3.91. The Balaban J connectivity index is 2.18. The van der Waals surface area contributed by atoms with Crippen molar-refractivity contribution in [1.82, 2.24) is 9.88 Å². The summed E-state index contributed by atoms with van der Waals surface area (Å²) in [5, 5.41) is 22.8. The molecule has 0 saturated carbocycles. The Labute approximate surface area is 194 Å². The lowest BCUT2D eigenvalue weighted by atomic mass is 9.93. The van der Waals surface area contributed by atoms with Crippen molar-refractivity contribution in [2.75, 3.05) is 0 Å². The Morgan fingerprint density at radius 1 is 1.21 bits per heavy atom. The average Bonchev–Trinajstić information content (AvgIpc) is 3.03. The highest BCUT2D eigenvalue weighted by molar-refractivity contribution is 6.30. The molecule has 0 spiro atoms. The van der Waals surface area contributed by atoms with Crippen LogP contribution in [0.15, 0.2) is 36.4 Å². The summed E-state index contributed by atoms with van der Waals surface area (Å²) in [6.45, 7) is 6.22. The molecule has 0 fully saturated rings. The van der Waals surface area contributed by atoms with Crippen molar-refractivity contribution in [2.45, 2.75) is 45.6 Å². The van der Waals surface area contributed by atoms with Crippen LogP contribution in [-0.2, 0) is 9.59 Å².